The van der Waals surface area contributed by atoms with Gasteiger partial charge in [-0.2, -0.15) is 10.5 Å². The van der Waals surface area contributed by atoms with E-state index >= 15 is 0 Å². The number of carbonyl (C=O) groups excluding carboxylic acids is 1. The molecule has 3 aromatic rings. The van der Waals surface area contributed by atoms with Crippen LogP contribution < -0.4 is 14.4 Å². The molecule has 1 aromatic carbocycles. The van der Waals surface area contributed by atoms with Gasteiger partial charge in [-0.3, -0.25) is 4.79 Å². The smallest absolute Gasteiger partial charge is 0.253 e. The highest BCUT2D eigenvalue weighted by Gasteiger charge is 2.49. The van der Waals surface area contributed by atoms with Crippen molar-refractivity contribution in [1.82, 2.24) is 14.9 Å². The van der Waals surface area contributed by atoms with Crippen molar-refractivity contribution < 1.29 is 29.6 Å². The highest BCUT2D eigenvalue weighted by atomic mass is 79.9. The van der Waals surface area contributed by atoms with E-state index in [1.807, 2.05) is 56.0 Å². The fourth-order valence-corrected chi connectivity index (χ4v) is 6.08. The third-order valence-corrected chi connectivity index (χ3v) is 9.34. The summed E-state index contributed by atoms with van der Waals surface area (Å²) >= 11 is 3.16. The lowest BCUT2D eigenvalue weighted by Gasteiger charge is -2.40. The minimum atomic E-state index is -1.49. The number of carbonyl (C=O) groups is 1. The van der Waals surface area contributed by atoms with Gasteiger partial charge in [0.2, 0.25) is 0 Å². The van der Waals surface area contributed by atoms with Gasteiger partial charge in [-0.15, -0.1) is 0 Å². The number of aromatic nitrogens is 2. The van der Waals surface area contributed by atoms with E-state index < -0.39 is 30.1 Å². The van der Waals surface area contributed by atoms with Crippen LogP contribution in [0.4, 0.5) is 5.82 Å². The number of halogens is 1. The van der Waals surface area contributed by atoms with Crippen molar-refractivity contribution in [2.45, 2.75) is 51.9 Å². The molecule has 5 rings (SSSR count). The van der Waals surface area contributed by atoms with E-state index in [2.05, 4.69) is 32.0 Å². The zero-order chi connectivity index (χ0) is 34.5. The molecule has 4 heterocycles. The Morgan fingerprint density at radius 2 is 1.70 bits per heavy atom. The molecule has 2 aliphatic heterocycles. The Morgan fingerprint density at radius 3 is 2.28 bits per heavy atom. The summed E-state index contributed by atoms with van der Waals surface area (Å²) in [6.07, 6.45) is 1.10. The Morgan fingerprint density at radius 1 is 1.06 bits per heavy atom. The van der Waals surface area contributed by atoms with Crippen molar-refractivity contribution in [3.8, 4) is 23.6 Å². The number of ether oxygens (including phenoxy) is 2. The van der Waals surface area contributed by atoms with Crippen LogP contribution in [-0.2, 0) is 4.79 Å². The predicted molar refractivity (Wildman–Crippen MR) is 177 cm³/mol. The molecule has 1 amide bonds. The summed E-state index contributed by atoms with van der Waals surface area (Å²) in [4.78, 5) is 24.4. The van der Waals surface area contributed by atoms with Gasteiger partial charge in [0, 0.05) is 36.8 Å². The standard InChI is InChI=1S/C27H34N4O6.C7H5BrN2/c1-16-7-19(9-28)25(29-10-16)30-11-20(12-30)37-24-8-18(5-6-23(24)36-4)21-13-31(26(35)22(34)14-32)15-27(21,3)17(2)33;1-5-2-6(3-9)7(8)10-4-5/h5-8,10,17,20-22,32-34H,11-15H2,1-4H3;2,4H,1H3/t17-,21+,22+,27+;/m1./s1. The van der Waals surface area contributed by atoms with Crippen molar-refractivity contribution in [1.29, 1.82) is 10.5 Å². The van der Waals surface area contributed by atoms with Gasteiger partial charge in [-0.1, -0.05) is 13.0 Å². The molecule has 248 valence electrons. The number of pyridine rings is 2. The Bertz CT molecular complexity index is 1680. The van der Waals surface area contributed by atoms with Gasteiger partial charge in [0.05, 0.1) is 44.0 Å². The molecule has 0 aliphatic carbocycles. The molecule has 2 saturated heterocycles. The Kier molecular flexibility index (Phi) is 11.4. The number of anilines is 1. The number of rotatable bonds is 8. The molecule has 13 heteroatoms. The third kappa shape index (κ3) is 7.83. The second-order valence-electron chi connectivity index (χ2n) is 12.2. The number of nitriles is 2. The second-order valence-corrected chi connectivity index (χ2v) is 12.9. The normalized spacial score (nSPS) is 20.2. The second kappa shape index (κ2) is 15.1. The number of aliphatic hydroxyl groups excluding tert-OH is 3. The van der Waals surface area contributed by atoms with Crippen LogP contribution in [0.3, 0.4) is 0 Å². The lowest BCUT2D eigenvalue weighted by molar-refractivity contribution is -0.141. The van der Waals surface area contributed by atoms with Gasteiger partial charge in [-0.05, 0) is 77.7 Å². The van der Waals surface area contributed by atoms with Crippen LogP contribution in [0.1, 0.15) is 47.6 Å². The van der Waals surface area contributed by atoms with Crippen LogP contribution in [0, 0.1) is 41.9 Å². The average molecular weight is 708 g/mol. The number of likely N-dealkylation sites (tertiary alicyclic amines) is 1. The van der Waals surface area contributed by atoms with Crippen LogP contribution in [0.2, 0.25) is 0 Å². The largest absolute Gasteiger partial charge is 0.493 e. The maximum absolute atomic E-state index is 12.6. The first kappa shape index (κ1) is 35.6. The summed E-state index contributed by atoms with van der Waals surface area (Å²) < 4.78 is 12.4. The number of hydrogen-bond acceptors (Lipinski definition) is 11. The van der Waals surface area contributed by atoms with Crippen LogP contribution in [-0.4, -0.2) is 94.3 Å². The van der Waals surface area contributed by atoms with E-state index in [0.717, 1.165) is 16.7 Å². The van der Waals surface area contributed by atoms with E-state index in [9.17, 15) is 25.4 Å². The van der Waals surface area contributed by atoms with Gasteiger partial charge in [0.1, 0.15) is 28.7 Å². The van der Waals surface area contributed by atoms with Gasteiger partial charge < -0.3 is 34.6 Å². The fourth-order valence-electron chi connectivity index (χ4n) is 5.78. The van der Waals surface area contributed by atoms with Crippen molar-refractivity contribution in [2.75, 3.05) is 44.8 Å². The fraction of sp³-hybridized carbons (Fsp3) is 0.441. The summed E-state index contributed by atoms with van der Waals surface area (Å²) in [5, 5.41) is 47.8. The van der Waals surface area contributed by atoms with Crippen molar-refractivity contribution >= 4 is 27.7 Å². The van der Waals surface area contributed by atoms with E-state index in [0.29, 0.717) is 46.1 Å². The van der Waals surface area contributed by atoms with E-state index in [1.54, 1.807) is 32.5 Å². The molecule has 0 bridgehead atoms. The molecule has 2 aliphatic rings. The highest BCUT2D eigenvalue weighted by molar-refractivity contribution is 9.10. The molecule has 12 nitrogen and oxygen atoms in total. The molecule has 0 unspecified atom stereocenters. The first-order chi connectivity index (χ1) is 22.3. The Hall–Kier alpha value is -4.27. The number of nitrogens with zero attached hydrogens (tertiary/aromatic N) is 6. The quantitative estimate of drug-likeness (QED) is 0.293. The molecule has 4 atom stereocenters. The van der Waals surface area contributed by atoms with Crippen molar-refractivity contribution in [2.24, 2.45) is 5.41 Å². The summed E-state index contributed by atoms with van der Waals surface area (Å²) in [7, 11) is 1.57. The zero-order valence-electron chi connectivity index (χ0n) is 27.0. The number of hydrogen-bond donors (Lipinski definition) is 3. The third-order valence-electron chi connectivity index (χ3n) is 8.71. The Labute approximate surface area is 282 Å². The van der Waals surface area contributed by atoms with Crippen LogP contribution >= 0.6 is 15.9 Å². The van der Waals surface area contributed by atoms with E-state index in [1.165, 1.54) is 4.90 Å². The monoisotopic (exact) mass is 706 g/mol. The van der Waals surface area contributed by atoms with E-state index in [4.69, 9.17) is 14.7 Å². The van der Waals surface area contributed by atoms with Crippen molar-refractivity contribution in [3.05, 3.63) is 75.1 Å². The SMILES string of the molecule is COc1ccc([C@@H]2CN(C(=O)[C@@H](O)CO)C[C@@]2(C)[C@@H](C)O)cc1OC1CN(c2ncc(C)cc2C#N)C1.Cc1cnc(Br)c(C#N)c1. The summed E-state index contributed by atoms with van der Waals surface area (Å²) in [5.41, 5.74) is 3.24. The topological polar surface area (TPSA) is 176 Å². The maximum Gasteiger partial charge on any atom is 0.253 e. The van der Waals surface area contributed by atoms with E-state index in [-0.39, 0.29) is 25.1 Å². The molecule has 3 N–H and O–H groups in total. The Balaban J connectivity index is 0.000000427. The highest BCUT2D eigenvalue weighted by Crippen LogP contribution is 2.47. The van der Waals surface area contributed by atoms with Gasteiger partial charge in [0.25, 0.3) is 5.91 Å². The summed E-state index contributed by atoms with van der Waals surface area (Å²) in [6, 6.07) is 13.4. The lowest BCUT2D eigenvalue weighted by Crippen LogP contribution is -2.54. The molecule has 2 fully saturated rings. The number of methoxy groups -OCH3 is 1. The van der Waals surface area contributed by atoms with Gasteiger partial charge in [0.15, 0.2) is 17.6 Å². The molecular formula is C34H39BrN6O6. The number of aliphatic hydroxyl groups is 3. The number of amides is 1. The number of aryl methyl sites for hydroxylation is 2. The molecule has 47 heavy (non-hydrogen) atoms. The predicted octanol–water partition coefficient (Wildman–Crippen LogP) is 3.23. The molecule has 0 radical (unpaired) electrons. The van der Waals surface area contributed by atoms with Crippen LogP contribution in [0.15, 0.2) is 47.3 Å². The lowest BCUT2D eigenvalue weighted by atomic mass is 9.72. The average Bonchev–Trinajstić information content (AvgIpc) is 3.41. The minimum absolute atomic E-state index is 0.136. The van der Waals surface area contributed by atoms with Crippen LogP contribution in [0.25, 0.3) is 0 Å². The zero-order valence-corrected chi connectivity index (χ0v) is 28.6. The molecule has 2 aromatic heterocycles. The number of benzene rings is 1. The van der Waals surface area contributed by atoms with Gasteiger partial charge in [-0.25, -0.2) is 9.97 Å². The van der Waals surface area contributed by atoms with Crippen molar-refractivity contribution in [3.63, 3.8) is 0 Å². The molecule has 0 spiro atoms. The molecular weight excluding hydrogens is 668 g/mol. The van der Waals surface area contributed by atoms with Crippen LogP contribution in [0.5, 0.6) is 11.5 Å². The minimum Gasteiger partial charge on any atom is -0.493 e. The molecule has 0 saturated carbocycles. The maximum atomic E-state index is 12.6. The summed E-state index contributed by atoms with van der Waals surface area (Å²) in [6.45, 7) is 8.42. The first-order valence-electron chi connectivity index (χ1n) is 15.1. The van der Waals surface area contributed by atoms with Gasteiger partial charge >= 0.3 is 0 Å². The summed E-state index contributed by atoms with van der Waals surface area (Å²) in [5.74, 6) is 0.965. The first-order valence-corrected chi connectivity index (χ1v) is 15.9.